The number of nitrogens with two attached hydrogens (primary N) is 1. The van der Waals surface area contributed by atoms with Crippen LogP contribution in [0.3, 0.4) is 0 Å². The van der Waals surface area contributed by atoms with Crippen LogP contribution in [0.5, 0.6) is 0 Å². The lowest BCUT2D eigenvalue weighted by atomic mass is 9.93. The van der Waals surface area contributed by atoms with Crippen LogP contribution in [0, 0.1) is 6.92 Å². The Bertz CT molecular complexity index is 581. The van der Waals surface area contributed by atoms with Gasteiger partial charge in [0.25, 0.3) is 0 Å². The third-order valence-electron chi connectivity index (χ3n) is 3.86. The summed E-state index contributed by atoms with van der Waals surface area (Å²) >= 11 is 0. The summed E-state index contributed by atoms with van der Waals surface area (Å²) in [4.78, 5) is 19.9. The Hall–Kier alpha value is -2.15. The first-order valence-corrected chi connectivity index (χ1v) is 7.93. The van der Waals surface area contributed by atoms with Gasteiger partial charge >= 0.3 is 5.97 Å². The van der Waals surface area contributed by atoms with Gasteiger partial charge in [0.1, 0.15) is 5.82 Å². The molecule has 23 heavy (non-hydrogen) atoms. The number of aliphatic hydroxyl groups is 1. The van der Waals surface area contributed by atoms with Crippen LogP contribution in [0.1, 0.15) is 43.9 Å². The van der Waals surface area contributed by atoms with Crippen LogP contribution >= 0.6 is 0 Å². The average molecular weight is 320 g/mol. The molecule has 4 N–H and O–H groups in total. The first-order chi connectivity index (χ1) is 11.0. The van der Waals surface area contributed by atoms with E-state index in [1.165, 1.54) is 6.08 Å². The zero-order chi connectivity index (χ0) is 16.8. The summed E-state index contributed by atoms with van der Waals surface area (Å²) in [5, 5.41) is 13.0. The van der Waals surface area contributed by atoms with Crippen molar-refractivity contribution in [1.29, 1.82) is 0 Å². The number of esters is 1. The molecule has 1 aliphatic carbocycles. The molecule has 7 nitrogen and oxygen atoms in total. The van der Waals surface area contributed by atoms with E-state index in [2.05, 4.69) is 15.3 Å². The van der Waals surface area contributed by atoms with Crippen molar-refractivity contribution in [2.75, 3.05) is 17.7 Å². The highest BCUT2D eigenvalue weighted by Crippen LogP contribution is 2.25. The highest BCUT2D eigenvalue weighted by Gasteiger charge is 2.21. The number of hydrogen-bond donors (Lipinski definition) is 3. The van der Waals surface area contributed by atoms with Crippen LogP contribution in [0.2, 0.25) is 0 Å². The van der Waals surface area contributed by atoms with Crippen molar-refractivity contribution in [1.82, 2.24) is 9.97 Å². The van der Waals surface area contributed by atoms with E-state index in [9.17, 15) is 9.90 Å². The Kier molecular flexibility index (Phi) is 5.92. The van der Waals surface area contributed by atoms with E-state index in [4.69, 9.17) is 10.5 Å². The highest BCUT2D eigenvalue weighted by atomic mass is 16.5. The number of aliphatic hydroxyl groups excluding tert-OH is 1. The fourth-order valence-electron chi connectivity index (χ4n) is 2.67. The number of hydrogen-bond acceptors (Lipinski definition) is 7. The third-order valence-corrected chi connectivity index (χ3v) is 3.86. The quantitative estimate of drug-likeness (QED) is 0.559. The fraction of sp³-hybridized carbons (Fsp3) is 0.562. The SMILES string of the molecule is CCOC(=O)/C=C/c1c(C)nc(N)nc1NC1CCC(O)CC1. The van der Waals surface area contributed by atoms with Crippen molar-refractivity contribution in [2.24, 2.45) is 0 Å². The summed E-state index contributed by atoms with van der Waals surface area (Å²) in [5.41, 5.74) is 7.15. The minimum absolute atomic E-state index is 0.189. The molecule has 1 aromatic rings. The van der Waals surface area contributed by atoms with Crippen molar-refractivity contribution < 1.29 is 14.6 Å². The van der Waals surface area contributed by atoms with E-state index < -0.39 is 5.97 Å². The van der Waals surface area contributed by atoms with Gasteiger partial charge in [-0.25, -0.2) is 9.78 Å². The molecule has 1 fully saturated rings. The minimum Gasteiger partial charge on any atom is -0.463 e. The summed E-state index contributed by atoms with van der Waals surface area (Å²) < 4.78 is 4.89. The lowest BCUT2D eigenvalue weighted by Crippen LogP contribution is -2.29. The Morgan fingerprint density at radius 1 is 1.39 bits per heavy atom. The second kappa shape index (κ2) is 7.92. The second-order valence-corrected chi connectivity index (χ2v) is 5.66. The maximum atomic E-state index is 11.5. The lowest BCUT2D eigenvalue weighted by Gasteiger charge is -2.27. The molecule has 0 bridgehead atoms. The molecule has 0 radical (unpaired) electrons. The molecule has 1 aromatic heterocycles. The van der Waals surface area contributed by atoms with Gasteiger partial charge in [-0.05, 0) is 45.6 Å². The highest BCUT2D eigenvalue weighted by molar-refractivity contribution is 5.88. The summed E-state index contributed by atoms with van der Waals surface area (Å²) in [6.07, 6.45) is 6.06. The number of ether oxygens (including phenoxy) is 1. The Balaban J connectivity index is 2.18. The molecule has 0 atom stereocenters. The number of carbonyl (C=O) groups is 1. The van der Waals surface area contributed by atoms with Crippen molar-refractivity contribution in [3.63, 3.8) is 0 Å². The van der Waals surface area contributed by atoms with E-state index in [0.717, 1.165) is 31.2 Å². The van der Waals surface area contributed by atoms with Crippen LogP contribution in [0.25, 0.3) is 6.08 Å². The van der Waals surface area contributed by atoms with E-state index in [1.54, 1.807) is 13.0 Å². The van der Waals surface area contributed by atoms with Crippen LogP contribution in [-0.4, -0.2) is 39.8 Å². The van der Waals surface area contributed by atoms with Gasteiger partial charge in [0.15, 0.2) is 0 Å². The molecule has 0 unspecified atom stereocenters. The van der Waals surface area contributed by atoms with Gasteiger partial charge in [0.2, 0.25) is 5.95 Å². The van der Waals surface area contributed by atoms with Crippen molar-refractivity contribution in [2.45, 2.75) is 51.7 Å². The molecule has 1 saturated carbocycles. The number of aryl methyl sites for hydroxylation is 1. The minimum atomic E-state index is -0.407. The van der Waals surface area contributed by atoms with E-state index >= 15 is 0 Å². The first kappa shape index (κ1) is 17.2. The van der Waals surface area contributed by atoms with Crippen molar-refractivity contribution in [3.05, 3.63) is 17.3 Å². The second-order valence-electron chi connectivity index (χ2n) is 5.66. The fourth-order valence-corrected chi connectivity index (χ4v) is 2.67. The Morgan fingerprint density at radius 3 is 2.74 bits per heavy atom. The zero-order valence-electron chi connectivity index (χ0n) is 13.6. The average Bonchev–Trinajstić information content (AvgIpc) is 2.49. The van der Waals surface area contributed by atoms with Crippen molar-refractivity contribution in [3.8, 4) is 0 Å². The molecule has 0 saturated heterocycles. The number of rotatable bonds is 5. The Labute approximate surface area is 136 Å². The standard InChI is InChI=1S/C16H24N4O3/c1-3-23-14(22)9-8-13-10(2)18-16(17)20-15(13)19-11-4-6-12(21)7-5-11/h8-9,11-12,21H,3-7H2,1-2H3,(H3,17,18,19,20)/b9-8+. The van der Waals surface area contributed by atoms with Gasteiger partial charge in [-0.2, -0.15) is 4.98 Å². The predicted octanol–water partition coefficient (Wildman–Crippen LogP) is 1.66. The van der Waals surface area contributed by atoms with Gasteiger partial charge in [-0.15, -0.1) is 0 Å². The van der Waals surface area contributed by atoms with Crippen LogP contribution in [0.15, 0.2) is 6.08 Å². The van der Waals surface area contributed by atoms with Crippen LogP contribution in [0.4, 0.5) is 11.8 Å². The van der Waals surface area contributed by atoms with Gasteiger partial charge in [-0.1, -0.05) is 0 Å². The molecule has 0 spiro atoms. The monoisotopic (exact) mass is 320 g/mol. The lowest BCUT2D eigenvalue weighted by molar-refractivity contribution is -0.137. The smallest absolute Gasteiger partial charge is 0.330 e. The molecule has 2 rings (SSSR count). The molecule has 1 heterocycles. The largest absolute Gasteiger partial charge is 0.463 e. The number of nitrogens with zero attached hydrogens (tertiary/aromatic N) is 2. The van der Waals surface area contributed by atoms with Crippen LogP contribution < -0.4 is 11.1 Å². The molecule has 126 valence electrons. The molecular weight excluding hydrogens is 296 g/mol. The topological polar surface area (TPSA) is 110 Å². The summed E-state index contributed by atoms with van der Waals surface area (Å²) in [7, 11) is 0. The third kappa shape index (κ3) is 4.92. The number of anilines is 2. The van der Waals surface area contributed by atoms with Gasteiger partial charge in [0.05, 0.1) is 18.4 Å². The molecular formula is C16H24N4O3. The summed E-state index contributed by atoms with van der Waals surface area (Å²) in [6.45, 7) is 3.91. The first-order valence-electron chi connectivity index (χ1n) is 7.93. The van der Waals surface area contributed by atoms with E-state index in [-0.39, 0.29) is 18.1 Å². The van der Waals surface area contributed by atoms with Crippen molar-refractivity contribution >= 4 is 23.8 Å². The zero-order valence-corrected chi connectivity index (χ0v) is 13.6. The van der Waals surface area contributed by atoms with E-state index in [0.29, 0.717) is 18.1 Å². The summed E-state index contributed by atoms with van der Waals surface area (Å²) in [6, 6.07) is 0.224. The maximum absolute atomic E-state index is 11.5. The molecule has 0 aromatic carbocycles. The number of carbonyl (C=O) groups excluding carboxylic acids is 1. The van der Waals surface area contributed by atoms with Crippen LogP contribution in [-0.2, 0) is 9.53 Å². The number of nitrogens with one attached hydrogen (secondary N) is 1. The van der Waals surface area contributed by atoms with Gasteiger partial charge < -0.3 is 20.9 Å². The predicted molar refractivity (Wildman–Crippen MR) is 88.7 cm³/mol. The van der Waals surface area contributed by atoms with E-state index in [1.807, 2.05) is 6.92 Å². The Morgan fingerprint density at radius 2 is 2.09 bits per heavy atom. The number of aromatic nitrogens is 2. The van der Waals surface area contributed by atoms with Gasteiger partial charge in [-0.3, -0.25) is 0 Å². The molecule has 0 aliphatic heterocycles. The molecule has 7 heteroatoms. The molecule has 0 amide bonds. The number of nitrogen functional groups attached to an aromatic ring is 1. The van der Waals surface area contributed by atoms with Gasteiger partial charge in [0, 0.05) is 17.7 Å². The summed E-state index contributed by atoms with van der Waals surface area (Å²) in [5.74, 6) is 0.390. The normalized spacial score (nSPS) is 21.3. The molecule has 1 aliphatic rings. The maximum Gasteiger partial charge on any atom is 0.330 e.